The van der Waals surface area contributed by atoms with E-state index in [0.29, 0.717) is 0 Å². The molecule has 7 nitrogen and oxygen atoms in total. The predicted molar refractivity (Wildman–Crippen MR) is 87.2 cm³/mol. The lowest BCUT2D eigenvalue weighted by Gasteiger charge is -2.18. The van der Waals surface area contributed by atoms with Crippen molar-refractivity contribution in [2.24, 2.45) is 5.10 Å². The Labute approximate surface area is 144 Å². The fraction of sp³-hybridized carbons (Fsp3) is 0.429. The van der Waals surface area contributed by atoms with Gasteiger partial charge in [-0.1, -0.05) is 23.2 Å². The SMILES string of the molecule is CCOC(=O)c1c(Cl)cc(Cl)nc1C=NNC(=O)OC(C)(C)C. The first-order valence-corrected chi connectivity index (χ1v) is 7.45. The van der Waals surface area contributed by atoms with E-state index in [4.69, 9.17) is 32.7 Å². The Morgan fingerprint density at radius 3 is 2.61 bits per heavy atom. The van der Waals surface area contributed by atoms with Crippen LogP contribution in [0.1, 0.15) is 43.7 Å². The van der Waals surface area contributed by atoms with Crippen LogP contribution in [0.25, 0.3) is 0 Å². The molecule has 0 aliphatic rings. The van der Waals surface area contributed by atoms with Crippen molar-refractivity contribution in [1.82, 2.24) is 10.4 Å². The molecular weight excluding hydrogens is 345 g/mol. The van der Waals surface area contributed by atoms with Crippen molar-refractivity contribution in [3.05, 3.63) is 27.5 Å². The molecule has 1 aromatic rings. The summed E-state index contributed by atoms with van der Waals surface area (Å²) < 4.78 is 9.91. The summed E-state index contributed by atoms with van der Waals surface area (Å²) in [5.74, 6) is -0.666. The molecule has 23 heavy (non-hydrogen) atoms. The number of hydrogen-bond acceptors (Lipinski definition) is 6. The second-order valence-corrected chi connectivity index (χ2v) is 6.07. The van der Waals surface area contributed by atoms with Crippen LogP contribution in [0.5, 0.6) is 0 Å². The second-order valence-electron chi connectivity index (χ2n) is 5.28. The van der Waals surface area contributed by atoms with Crippen molar-refractivity contribution in [3.63, 3.8) is 0 Å². The number of pyridine rings is 1. The molecular formula is C14H17Cl2N3O4. The maximum absolute atomic E-state index is 11.9. The molecule has 0 spiro atoms. The molecule has 0 bridgehead atoms. The van der Waals surface area contributed by atoms with E-state index in [0.717, 1.165) is 6.21 Å². The van der Waals surface area contributed by atoms with Crippen molar-refractivity contribution in [2.45, 2.75) is 33.3 Å². The van der Waals surface area contributed by atoms with Gasteiger partial charge in [0.15, 0.2) is 0 Å². The number of carbonyl (C=O) groups is 2. The number of hydrogen-bond donors (Lipinski definition) is 1. The van der Waals surface area contributed by atoms with Crippen molar-refractivity contribution >= 4 is 41.5 Å². The van der Waals surface area contributed by atoms with Crippen LogP contribution in [0.3, 0.4) is 0 Å². The third-order valence-corrected chi connectivity index (χ3v) is 2.68. The van der Waals surface area contributed by atoms with Crippen LogP contribution in [0.15, 0.2) is 11.2 Å². The molecule has 0 radical (unpaired) electrons. The van der Waals surface area contributed by atoms with Gasteiger partial charge in [0, 0.05) is 0 Å². The molecule has 0 unspecified atom stereocenters. The van der Waals surface area contributed by atoms with E-state index in [1.165, 1.54) is 6.07 Å². The topological polar surface area (TPSA) is 89.9 Å². The first kappa shape index (κ1) is 19.2. The minimum atomic E-state index is -0.750. The molecule has 126 valence electrons. The van der Waals surface area contributed by atoms with Crippen molar-refractivity contribution in [1.29, 1.82) is 0 Å². The molecule has 0 aliphatic heterocycles. The number of rotatable bonds is 4. The second kappa shape index (κ2) is 8.12. The Hall–Kier alpha value is -1.86. The summed E-state index contributed by atoms with van der Waals surface area (Å²) in [5.41, 5.74) is 1.57. The lowest BCUT2D eigenvalue weighted by atomic mass is 10.2. The summed E-state index contributed by atoms with van der Waals surface area (Å²) in [7, 11) is 0. The lowest BCUT2D eigenvalue weighted by molar-refractivity contribution is 0.0518. The van der Waals surface area contributed by atoms with Gasteiger partial charge in [-0.3, -0.25) is 0 Å². The van der Waals surface area contributed by atoms with Crippen LogP contribution in [-0.2, 0) is 9.47 Å². The van der Waals surface area contributed by atoms with Crippen LogP contribution in [-0.4, -0.2) is 35.5 Å². The van der Waals surface area contributed by atoms with Crippen LogP contribution in [0.4, 0.5) is 4.79 Å². The normalized spacial score (nSPS) is 11.4. The van der Waals surface area contributed by atoms with Gasteiger partial charge in [0.2, 0.25) is 0 Å². The van der Waals surface area contributed by atoms with Crippen molar-refractivity contribution in [3.8, 4) is 0 Å². The standard InChI is InChI=1S/C14H17Cl2N3O4/c1-5-22-12(20)11-8(15)6-10(16)18-9(11)7-17-19-13(21)23-14(2,3)4/h6-7H,5H2,1-4H3,(H,19,21). The summed E-state index contributed by atoms with van der Waals surface area (Å²) >= 11 is 11.8. The highest BCUT2D eigenvalue weighted by Gasteiger charge is 2.19. The molecule has 0 fully saturated rings. The van der Waals surface area contributed by atoms with E-state index < -0.39 is 17.7 Å². The summed E-state index contributed by atoms with van der Waals surface area (Å²) in [6, 6.07) is 1.31. The minimum absolute atomic E-state index is 0.00709. The smallest absolute Gasteiger partial charge is 0.428 e. The summed E-state index contributed by atoms with van der Waals surface area (Å²) in [4.78, 5) is 27.4. The molecule has 1 N–H and O–H groups in total. The summed E-state index contributed by atoms with van der Waals surface area (Å²) in [6.07, 6.45) is 0.382. The van der Waals surface area contributed by atoms with Crippen molar-refractivity contribution < 1.29 is 19.1 Å². The number of esters is 1. The molecule has 0 saturated carbocycles. The Balaban J connectivity index is 2.97. The van der Waals surface area contributed by atoms with E-state index >= 15 is 0 Å². The maximum atomic E-state index is 11.9. The van der Waals surface area contributed by atoms with E-state index in [-0.39, 0.29) is 28.0 Å². The maximum Gasteiger partial charge on any atom is 0.428 e. The van der Waals surface area contributed by atoms with Crippen LogP contribution < -0.4 is 5.43 Å². The average molecular weight is 362 g/mol. The van der Waals surface area contributed by atoms with Gasteiger partial charge >= 0.3 is 12.1 Å². The minimum Gasteiger partial charge on any atom is -0.462 e. The summed E-state index contributed by atoms with van der Waals surface area (Å²) in [6.45, 7) is 6.98. The molecule has 1 amide bonds. The number of carbonyl (C=O) groups excluding carboxylic acids is 2. The molecule has 0 saturated heterocycles. The van der Waals surface area contributed by atoms with E-state index in [9.17, 15) is 9.59 Å². The molecule has 1 rings (SSSR count). The van der Waals surface area contributed by atoms with Crippen molar-refractivity contribution in [2.75, 3.05) is 6.61 Å². The fourth-order valence-electron chi connectivity index (χ4n) is 1.45. The molecule has 0 atom stereocenters. The Morgan fingerprint density at radius 2 is 2.04 bits per heavy atom. The molecule has 0 aliphatic carbocycles. The number of nitrogens with one attached hydrogen (secondary N) is 1. The van der Waals surface area contributed by atoms with Gasteiger partial charge in [-0.15, -0.1) is 0 Å². The van der Waals surface area contributed by atoms with Gasteiger partial charge in [0.25, 0.3) is 0 Å². The van der Waals surface area contributed by atoms with Gasteiger partial charge in [-0.25, -0.2) is 20.0 Å². The Bertz CT molecular complexity index is 627. The van der Waals surface area contributed by atoms with Gasteiger partial charge in [0.05, 0.1) is 17.8 Å². The quantitative estimate of drug-likeness (QED) is 0.384. The molecule has 1 aromatic heterocycles. The Morgan fingerprint density at radius 1 is 1.39 bits per heavy atom. The number of nitrogens with zero attached hydrogens (tertiary/aromatic N) is 2. The van der Waals surface area contributed by atoms with E-state index in [1.54, 1.807) is 27.7 Å². The predicted octanol–water partition coefficient (Wildman–Crippen LogP) is 3.42. The number of amides is 1. The average Bonchev–Trinajstić information content (AvgIpc) is 2.35. The van der Waals surface area contributed by atoms with Gasteiger partial charge < -0.3 is 9.47 Å². The highest BCUT2D eigenvalue weighted by Crippen LogP contribution is 2.22. The Kier molecular flexibility index (Phi) is 6.78. The molecule has 1 heterocycles. The fourth-order valence-corrected chi connectivity index (χ4v) is 1.98. The van der Waals surface area contributed by atoms with Gasteiger partial charge in [0.1, 0.15) is 22.0 Å². The monoisotopic (exact) mass is 361 g/mol. The zero-order valence-electron chi connectivity index (χ0n) is 13.1. The van der Waals surface area contributed by atoms with Gasteiger partial charge in [-0.2, -0.15) is 5.10 Å². The lowest BCUT2D eigenvalue weighted by Crippen LogP contribution is -2.29. The van der Waals surface area contributed by atoms with E-state index in [2.05, 4.69) is 15.5 Å². The van der Waals surface area contributed by atoms with Crippen LogP contribution >= 0.6 is 23.2 Å². The molecule has 0 aromatic carbocycles. The third-order valence-electron chi connectivity index (χ3n) is 2.19. The third kappa shape index (κ3) is 6.42. The first-order valence-electron chi connectivity index (χ1n) is 6.69. The van der Waals surface area contributed by atoms with Gasteiger partial charge in [-0.05, 0) is 33.8 Å². The largest absolute Gasteiger partial charge is 0.462 e. The van der Waals surface area contributed by atoms with Crippen LogP contribution in [0, 0.1) is 0 Å². The number of halogens is 2. The first-order chi connectivity index (χ1) is 10.6. The zero-order chi connectivity index (χ0) is 17.6. The number of hydrazone groups is 1. The van der Waals surface area contributed by atoms with Crippen LogP contribution in [0.2, 0.25) is 10.2 Å². The van der Waals surface area contributed by atoms with E-state index in [1.807, 2.05) is 0 Å². The highest BCUT2D eigenvalue weighted by atomic mass is 35.5. The molecule has 9 heteroatoms. The summed E-state index contributed by atoms with van der Waals surface area (Å²) in [5, 5.41) is 3.82. The zero-order valence-corrected chi connectivity index (χ0v) is 14.7. The number of aromatic nitrogens is 1. The highest BCUT2D eigenvalue weighted by molar-refractivity contribution is 6.36. The number of ether oxygens (including phenoxy) is 2.